The smallest absolute Gasteiger partial charge is 0.265 e. The lowest BCUT2D eigenvalue weighted by molar-refractivity contribution is -0.125. The van der Waals surface area contributed by atoms with Crippen LogP contribution in [0.25, 0.3) is 0 Å². The highest BCUT2D eigenvalue weighted by molar-refractivity contribution is 7.93. The highest BCUT2D eigenvalue weighted by atomic mass is 32.2. The van der Waals surface area contributed by atoms with Crippen LogP contribution in [-0.2, 0) is 19.6 Å². The summed E-state index contributed by atoms with van der Waals surface area (Å²) in [5.74, 6) is -1.64. The van der Waals surface area contributed by atoms with Crippen LogP contribution in [0, 0.1) is 26.6 Å². The minimum atomic E-state index is -4.26. The average Bonchev–Trinajstić information content (AvgIpc) is 3.01. The Bertz CT molecular complexity index is 1230. The normalized spacial score (nSPS) is 19.0. The number of nitrogens with zero attached hydrogens (tertiary/aromatic N) is 1. The minimum absolute atomic E-state index is 0.0182. The molecular formula is C26H32FN3O4S. The van der Waals surface area contributed by atoms with Crippen LogP contribution in [0.4, 0.5) is 15.8 Å². The van der Waals surface area contributed by atoms with Crippen molar-refractivity contribution in [3.63, 3.8) is 0 Å². The molecule has 35 heavy (non-hydrogen) atoms. The molecule has 0 saturated heterocycles. The van der Waals surface area contributed by atoms with Crippen LogP contribution in [0.3, 0.4) is 0 Å². The summed E-state index contributed by atoms with van der Waals surface area (Å²) >= 11 is 0. The Kier molecular flexibility index (Phi) is 7.17. The number of carbonyl (C=O) groups excluding carboxylic acids is 2. The number of anilines is 2. The van der Waals surface area contributed by atoms with Gasteiger partial charge in [0.1, 0.15) is 11.9 Å². The molecule has 0 radical (unpaired) electrons. The van der Waals surface area contributed by atoms with Crippen molar-refractivity contribution in [2.24, 2.45) is 0 Å². The molecule has 1 aliphatic carbocycles. The van der Waals surface area contributed by atoms with E-state index in [1.54, 1.807) is 26.0 Å². The summed E-state index contributed by atoms with van der Waals surface area (Å²) < 4.78 is 43.1. The Morgan fingerprint density at radius 3 is 2.31 bits per heavy atom. The zero-order valence-corrected chi connectivity index (χ0v) is 21.2. The standard InChI is InChI=1S/C26H32FN3O4S/c1-16-12-17(2)25(18(3)13-16)35(33,34)30-22-11-10-19(27)14-21(22)29-26(32)23(30)15-24(31)28-20-8-6-4-5-7-9-20/h10-14,20,23H,4-9,15H2,1-3H3,(H,28,31)(H,29,32). The van der Waals surface area contributed by atoms with Crippen LogP contribution >= 0.6 is 0 Å². The van der Waals surface area contributed by atoms with E-state index in [0.717, 1.165) is 60.5 Å². The maximum atomic E-state index is 14.1. The topological polar surface area (TPSA) is 95.6 Å². The van der Waals surface area contributed by atoms with E-state index in [4.69, 9.17) is 0 Å². The van der Waals surface area contributed by atoms with Gasteiger partial charge in [-0.1, -0.05) is 43.4 Å². The van der Waals surface area contributed by atoms with Gasteiger partial charge in [-0.2, -0.15) is 0 Å². The molecule has 188 valence electrons. The molecule has 1 heterocycles. The van der Waals surface area contributed by atoms with Crippen molar-refractivity contribution in [2.75, 3.05) is 9.62 Å². The number of benzene rings is 2. The Labute approximate surface area is 206 Å². The molecule has 7 nitrogen and oxygen atoms in total. The van der Waals surface area contributed by atoms with Crippen molar-refractivity contribution >= 4 is 33.2 Å². The van der Waals surface area contributed by atoms with E-state index < -0.39 is 27.8 Å². The molecular weight excluding hydrogens is 469 g/mol. The molecule has 1 saturated carbocycles. The van der Waals surface area contributed by atoms with Gasteiger partial charge in [0.25, 0.3) is 10.0 Å². The lowest BCUT2D eigenvalue weighted by Gasteiger charge is -2.37. The minimum Gasteiger partial charge on any atom is -0.353 e. The maximum absolute atomic E-state index is 14.1. The van der Waals surface area contributed by atoms with Gasteiger partial charge in [0, 0.05) is 6.04 Å². The van der Waals surface area contributed by atoms with E-state index in [9.17, 15) is 22.4 Å². The van der Waals surface area contributed by atoms with E-state index in [1.165, 1.54) is 6.07 Å². The number of amides is 2. The number of aryl methyl sites for hydroxylation is 3. The summed E-state index contributed by atoms with van der Waals surface area (Å²) in [5.41, 5.74) is 2.19. The van der Waals surface area contributed by atoms with Gasteiger partial charge in [0.15, 0.2) is 0 Å². The zero-order chi connectivity index (χ0) is 25.3. The van der Waals surface area contributed by atoms with Crippen LogP contribution in [-0.4, -0.2) is 32.3 Å². The quantitative estimate of drug-likeness (QED) is 0.590. The monoisotopic (exact) mass is 501 g/mol. The number of nitrogens with one attached hydrogen (secondary N) is 2. The first-order valence-electron chi connectivity index (χ1n) is 12.1. The molecule has 2 amide bonds. The first-order valence-corrected chi connectivity index (χ1v) is 13.5. The number of hydrogen-bond acceptors (Lipinski definition) is 4. The van der Waals surface area contributed by atoms with Gasteiger partial charge >= 0.3 is 0 Å². The highest BCUT2D eigenvalue weighted by Gasteiger charge is 2.43. The average molecular weight is 502 g/mol. The summed E-state index contributed by atoms with van der Waals surface area (Å²) in [6.07, 6.45) is 5.73. The van der Waals surface area contributed by atoms with Crippen molar-refractivity contribution in [3.05, 3.63) is 52.8 Å². The zero-order valence-electron chi connectivity index (χ0n) is 20.4. The molecule has 0 bridgehead atoms. The van der Waals surface area contributed by atoms with Crippen LogP contribution in [0.15, 0.2) is 35.2 Å². The molecule has 0 spiro atoms. The van der Waals surface area contributed by atoms with Crippen LogP contribution in [0.2, 0.25) is 0 Å². The summed E-state index contributed by atoms with van der Waals surface area (Å²) in [7, 11) is -4.26. The van der Waals surface area contributed by atoms with Crippen LogP contribution < -0.4 is 14.9 Å². The van der Waals surface area contributed by atoms with Crippen molar-refractivity contribution in [1.29, 1.82) is 0 Å². The third-order valence-electron chi connectivity index (χ3n) is 6.76. The number of halogens is 1. The van der Waals surface area contributed by atoms with Gasteiger partial charge in [0.2, 0.25) is 11.8 Å². The van der Waals surface area contributed by atoms with Gasteiger partial charge < -0.3 is 10.6 Å². The lowest BCUT2D eigenvalue weighted by atomic mass is 10.1. The Morgan fingerprint density at radius 2 is 1.69 bits per heavy atom. The molecule has 2 aliphatic rings. The first-order chi connectivity index (χ1) is 16.6. The molecule has 4 rings (SSSR count). The third-order valence-corrected chi connectivity index (χ3v) is 8.89. The van der Waals surface area contributed by atoms with Crippen molar-refractivity contribution in [2.45, 2.75) is 82.7 Å². The predicted octanol–water partition coefficient (Wildman–Crippen LogP) is 4.50. The van der Waals surface area contributed by atoms with Gasteiger partial charge in [-0.15, -0.1) is 0 Å². The maximum Gasteiger partial charge on any atom is 0.265 e. The molecule has 1 atom stereocenters. The largest absolute Gasteiger partial charge is 0.353 e. The van der Waals surface area contributed by atoms with Crippen molar-refractivity contribution in [3.8, 4) is 0 Å². The molecule has 1 aliphatic heterocycles. The van der Waals surface area contributed by atoms with Crippen molar-refractivity contribution < 1.29 is 22.4 Å². The van der Waals surface area contributed by atoms with Gasteiger partial charge in [0.05, 0.1) is 22.7 Å². The summed E-state index contributed by atoms with van der Waals surface area (Å²) in [5, 5.41) is 5.60. The number of carbonyl (C=O) groups is 2. The fourth-order valence-corrected chi connectivity index (χ4v) is 7.37. The van der Waals surface area contributed by atoms with Crippen LogP contribution in [0.1, 0.15) is 61.6 Å². The number of hydrogen-bond donors (Lipinski definition) is 2. The molecule has 2 aromatic carbocycles. The van der Waals surface area contributed by atoms with Crippen LogP contribution in [0.5, 0.6) is 0 Å². The molecule has 0 aromatic heterocycles. The first kappa shape index (κ1) is 25.2. The van der Waals surface area contributed by atoms with E-state index in [2.05, 4.69) is 10.6 Å². The molecule has 1 unspecified atom stereocenters. The Morgan fingerprint density at radius 1 is 1.06 bits per heavy atom. The Hall–Kier alpha value is -2.94. The van der Waals surface area contributed by atoms with E-state index in [0.29, 0.717) is 11.1 Å². The summed E-state index contributed by atoms with van der Waals surface area (Å²) in [4.78, 5) is 26.2. The molecule has 1 fully saturated rings. The summed E-state index contributed by atoms with van der Waals surface area (Å²) in [6, 6.07) is 5.82. The fourth-order valence-electron chi connectivity index (χ4n) is 5.32. The lowest BCUT2D eigenvalue weighted by Crippen LogP contribution is -2.53. The second-order valence-corrected chi connectivity index (χ2v) is 11.4. The fraction of sp³-hybridized carbons (Fsp3) is 0.462. The SMILES string of the molecule is Cc1cc(C)c(S(=O)(=O)N2c3ccc(F)cc3NC(=O)C2CC(=O)NC2CCCCCC2)c(C)c1. The van der Waals surface area contributed by atoms with Gasteiger partial charge in [-0.25, -0.2) is 12.8 Å². The second kappa shape index (κ2) is 9.97. The van der Waals surface area contributed by atoms with Gasteiger partial charge in [-0.05, 0) is 62.9 Å². The number of sulfonamides is 1. The predicted molar refractivity (Wildman–Crippen MR) is 133 cm³/mol. The number of fused-ring (bicyclic) bond motifs is 1. The van der Waals surface area contributed by atoms with E-state index >= 15 is 0 Å². The molecule has 2 aromatic rings. The van der Waals surface area contributed by atoms with Crippen molar-refractivity contribution in [1.82, 2.24) is 5.32 Å². The highest BCUT2D eigenvalue weighted by Crippen LogP contribution is 2.39. The van der Waals surface area contributed by atoms with E-state index in [-0.39, 0.29) is 34.6 Å². The molecule has 9 heteroatoms. The second-order valence-electron chi connectivity index (χ2n) is 9.66. The third kappa shape index (κ3) is 5.19. The summed E-state index contributed by atoms with van der Waals surface area (Å²) in [6.45, 7) is 5.29. The molecule has 2 N–H and O–H groups in total. The van der Waals surface area contributed by atoms with Gasteiger partial charge in [-0.3, -0.25) is 13.9 Å². The number of rotatable bonds is 5. The Balaban J connectivity index is 1.74. The van der Waals surface area contributed by atoms with E-state index in [1.807, 2.05) is 6.92 Å².